The predicted molar refractivity (Wildman–Crippen MR) is 89.4 cm³/mol. The van der Waals surface area contributed by atoms with Gasteiger partial charge in [0, 0.05) is 31.8 Å². The molecule has 0 saturated carbocycles. The van der Waals surface area contributed by atoms with Gasteiger partial charge in [0.2, 0.25) is 5.91 Å². The van der Waals surface area contributed by atoms with E-state index in [1.807, 2.05) is 30.3 Å². The molecule has 3 N–H and O–H groups in total. The van der Waals surface area contributed by atoms with E-state index in [2.05, 4.69) is 19.2 Å². The molecule has 4 heteroatoms. The maximum Gasteiger partial charge on any atom is 0.223 e. The maximum absolute atomic E-state index is 12.2. The Bertz CT molecular complexity index is 471. The van der Waals surface area contributed by atoms with Crippen LogP contribution in [0, 0.1) is 11.8 Å². The van der Waals surface area contributed by atoms with Crippen LogP contribution in [0.5, 0.6) is 0 Å². The predicted octanol–water partition coefficient (Wildman–Crippen LogP) is 2.31. The molecule has 0 radical (unpaired) electrons. The van der Waals surface area contributed by atoms with Gasteiger partial charge in [-0.2, -0.15) is 0 Å². The number of Topliss-reactive ketones (excluding diaryl/α,β-unsaturated/α-hetero) is 1. The maximum atomic E-state index is 12.2. The molecule has 1 aromatic carbocycles. The number of nitrogens with one attached hydrogen (secondary N) is 1. The lowest BCUT2D eigenvalue weighted by molar-refractivity contribution is -0.129. The van der Waals surface area contributed by atoms with Crippen molar-refractivity contribution in [2.24, 2.45) is 17.6 Å². The molecule has 0 saturated heterocycles. The second-order valence-electron chi connectivity index (χ2n) is 6.34. The molecule has 1 amide bonds. The SMILES string of the molecule is CNC(=O)[C@@H](CC(=O)C[C@H](N)Cc1ccccc1)CC(C)C. The average Bonchev–Trinajstić information content (AvgIpc) is 2.46. The third kappa shape index (κ3) is 6.85. The molecule has 2 atom stereocenters. The van der Waals surface area contributed by atoms with Gasteiger partial charge in [-0.1, -0.05) is 44.2 Å². The molecular weight excluding hydrogens is 276 g/mol. The molecule has 0 aromatic heterocycles. The van der Waals surface area contributed by atoms with E-state index in [-0.39, 0.29) is 30.1 Å². The highest BCUT2D eigenvalue weighted by Gasteiger charge is 2.23. The number of hydrogen-bond acceptors (Lipinski definition) is 3. The van der Waals surface area contributed by atoms with Gasteiger partial charge in [-0.15, -0.1) is 0 Å². The fourth-order valence-electron chi connectivity index (χ4n) is 2.70. The Hall–Kier alpha value is -1.68. The van der Waals surface area contributed by atoms with Crippen molar-refractivity contribution in [3.05, 3.63) is 35.9 Å². The molecule has 0 aliphatic carbocycles. The van der Waals surface area contributed by atoms with E-state index in [4.69, 9.17) is 5.73 Å². The summed E-state index contributed by atoms with van der Waals surface area (Å²) in [6, 6.07) is 9.72. The topological polar surface area (TPSA) is 72.2 Å². The Kier molecular flexibility index (Phi) is 7.82. The summed E-state index contributed by atoms with van der Waals surface area (Å²) in [6.45, 7) is 4.11. The van der Waals surface area contributed by atoms with Gasteiger partial charge < -0.3 is 11.1 Å². The zero-order chi connectivity index (χ0) is 16.5. The van der Waals surface area contributed by atoms with E-state index in [1.54, 1.807) is 7.05 Å². The van der Waals surface area contributed by atoms with Crippen LogP contribution in [0.15, 0.2) is 30.3 Å². The van der Waals surface area contributed by atoms with E-state index in [1.165, 1.54) is 0 Å². The number of ketones is 1. The summed E-state index contributed by atoms with van der Waals surface area (Å²) in [4.78, 5) is 24.1. The van der Waals surface area contributed by atoms with Crippen molar-refractivity contribution in [3.63, 3.8) is 0 Å². The molecule has 0 heterocycles. The van der Waals surface area contributed by atoms with Crippen LogP contribution in [-0.2, 0) is 16.0 Å². The highest BCUT2D eigenvalue weighted by atomic mass is 16.2. The van der Waals surface area contributed by atoms with Gasteiger partial charge in [-0.05, 0) is 24.3 Å². The number of nitrogens with two attached hydrogens (primary N) is 1. The lowest BCUT2D eigenvalue weighted by atomic mass is 9.89. The number of rotatable bonds is 9. The smallest absolute Gasteiger partial charge is 0.223 e. The molecule has 22 heavy (non-hydrogen) atoms. The van der Waals surface area contributed by atoms with Gasteiger partial charge >= 0.3 is 0 Å². The molecular formula is C18H28N2O2. The Morgan fingerprint density at radius 1 is 1.14 bits per heavy atom. The number of hydrogen-bond donors (Lipinski definition) is 2. The first-order chi connectivity index (χ1) is 10.4. The van der Waals surface area contributed by atoms with Crippen molar-refractivity contribution in [1.29, 1.82) is 0 Å². The second kappa shape index (κ2) is 9.36. The molecule has 0 aliphatic heterocycles. The summed E-state index contributed by atoms with van der Waals surface area (Å²) in [5, 5.41) is 2.65. The minimum absolute atomic E-state index is 0.0568. The first kappa shape index (κ1) is 18.4. The van der Waals surface area contributed by atoms with Crippen LogP contribution >= 0.6 is 0 Å². The van der Waals surface area contributed by atoms with Crippen molar-refractivity contribution >= 4 is 11.7 Å². The largest absolute Gasteiger partial charge is 0.359 e. The van der Waals surface area contributed by atoms with Crippen LogP contribution in [0.25, 0.3) is 0 Å². The van der Waals surface area contributed by atoms with Crippen molar-refractivity contribution in [3.8, 4) is 0 Å². The Labute approximate surface area is 133 Å². The summed E-state index contributed by atoms with van der Waals surface area (Å²) in [6.07, 6.45) is 2.00. The summed E-state index contributed by atoms with van der Waals surface area (Å²) >= 11 is 0. The molecule has 1 aromatic rings. The molecule has 0 unspecified atom stereocenters. The van der Waals surface area contributed by atoms with Crippen molar-refractivity contribution in [2.45, 2.75) is 45.6 Å². The summed E-state index contributed by atoms with van der Waals surface area (Å²) in [7, 11) is 1.61. The first-order valence-corrected chi connectivity index (χ1v) is 7.95. The lowest BCUT2D eigenvalue weighted by Gasteiger charge is -2.18. The zero-order valence-electron chi connectivity index (χ0n) is 13.8. The van der Waals surface area contributed by atoms with Crippen molar-refractivity contribution in [1.82, 2.24) is 5.32 Å². The number of amides is 1. The third-order valence-corrected chi connectivity index (χ3v) is 3.68. The zero-order valence-corrected chi connectivity index (χ0v) is 13.8. The van der Waals surface area contributed by atoms with Crippen molar-refractivity contribution < 1.29 is 9.59 Å². The molecule has 1 rings (SSSR count). The lowest BCUT2D eigenvalue weighted by Crippen LogP contribution is -2.32. The second-order valence-corrected chi connectivity index (χ2v) is 6.34. The molecule has 0 fully saturated rings. The van der Waals surface area contributed by atoms with Gasteiger partial charge in [0.05, 0.1) is 0 Å². The van der Waals surface area contributed by atoms with E-state index < -0.39 is 0 Å². The summed E-state index contributed by atoms with van der Waals surface area (Å²) < 4.78 is 0. The van der Waals surface area contributed by atoms with E-state index in [0.717, 1.165) is 12.0 Å². The summed E-state index contributed by atoms with van der Waals surface area (Å²) in [5.41, 5.74) is 7.20. The fraction of sp³-hybridized carbons (Fsp3) is 0.556. The molecule has 122 valence electrons. The van der Waals surface area contributed by atoms with Crippen LogP contribution < -0.4 is 11.1 Å². The van der Waals surface area contributed by atoms with Crippen LogP contribution in [0.4, 0.5) is 0 Å². The molecule has 4 nitrogen and oxygen atoms in total. The minimum Gasteiger partial charge on any atom is -0.359 e. The first-order valence-electron chi connectivity index (χ1n) is 7.95. The Morgan fingerprint density at radius 2 is 1.77 bits per heavy atom. The highest BCUT2D eigenvalue weighted by Crippen LogP contribution is 2.17. The average molecular weight is 304 g/mol. The normalized spacial score (nSPS) is 13.7. The van der Waals surface area contributed by atoms with Crippen LogP contribution in [0.2, 0.25) is 0 Å². The van der Waals surface area contributed by atoms with E-state index >= 15 is 0 Å². The molecule has 0 bridgehead atoms. The quantitative estimate of drug-likeness (QED) is 0.735. The summed E-state index contributed by atoms with van der Waals surface area (Å²) in [5.74, 6) is 0.144. The number of carbonyl (C=O) groups is 2. The van der Waals surface area contributed by atoms with E-state index in [0.29, 0.717) is 18.8 Å². The van der Waals surface area contributed by atoms with Gasteiger partial charge in [0.15, 0.2) is 0 Å². The highest BCUT2D eigenvalue weighted by molar-refractivity contribution is 5.86. The Balaban J connectivity index is 2.50. The van der Waals surface area contributed by atoms with Crippen LogP contribution in [0.3, 0.4) is 0 Å². The molecule has 0 aliphatic rings. The van der Waals surface area contributed by atoms with Crippen LogP contribution in [0.1, 0.15) is 38.7 Å². The van der Waals surface area contributed by atoms with Gasteiger partial charge in [0.25, 0.3) is 0 Å². The van der Waals surface area contributed by atoms with Gasteiger partial charge in [-0.3, -0.25) is 9.59 Å². The fourth-order valence-corrected chi connectivity index (χ4v) is 2.70. The standard InChI is InChI=1S/C18H28N2O2/c1-13(2)9-15(18(22)20-3)11-17(21)12-16(19)10-14-7-5-4-6-8-14/h4-8,13,15-16H,9-12,19H2,1-3H3,(H,20,22)/t15-,16-/m1/s1. The minimum atomic E-state index is -0.249. The van der Waals surface area contributed by atoms with Gasteiger partial charge in [-0.25, -0.2) is 0 Å². The molecule has 0 spiro atoms. The third-order valence-electron chi connectivity index (χ3n) is 3.68. The number of carbonyl (C=O) groups excluding carboxylic acids is 2. The van der Waals surface area contributed by atoms with Crippen molar-refractivity contribution in [2.75, 3.05) is 7.05 Å². The monoisotopic (exact) mass is 304 g/mol. The Morgan fingerprint density at radius 3 is 2.32 bits per heavy atom. The van der Waals surface area contributed by atoms with Gasteiger partial charge in [0.1, 0.15) is 5.78 Å². The number of benzene rings is 1. The van der Waals surface area contributed by atoms with E-state index in [9.17, 15) is 9.59 Å². The van der Waals surface area contributed by atoms with Crippen LogP contribution in [-0.4, -0.2) is 24.8 Å².